The van der Waals surface area contributed by atoms with Gasteiger partial charge in [-0.15, -0.1) is 0 Å². The van der Waals surface area contributed by atoms with E-state index in [0.29, 0.717) is 23.9 Å². The van der Waals surface area contributed by atoms with E-state index in [1.165, 1.54) is 12.8 Å². The van der Waals surface area contributed by atoms with Gasteiger partial charge >= 0.3 is 6.01 Å². The van der Waals surface area contributed by atoms with Gasteiger partial charge < -0.3 is 15.2 Å². The van der Waals surface area contributed by atoms with Gasteiger partial charge in [0.25, 0.3) is 0 Å². The molecule has 0 aliphatic heterocycles. The van der Waals surface area contributed by atoms with Crippen LogP contribution in [-0.2, 0) is 6.42 Å². The van der Waals surface area contributed by atoms with Crippen molar-refractivity contribution in [2.45, 2.75) is 57.1 Å². The highest BCUT2D eigenvalue weighted by atomic mass is 16.5. The second-order valence-corrected chi connectivity index (χ2v) is 7.28. The van der Waals surface area contributed by atoms with Gasteiger partial charge in [-0.05, 0) is 56.9 Å². The number of ether oxygens (including phenoxy) is 1. The summed E-state index contributed by atoms with van der Waals surface area (Å²) in [7, 11) is 1.59. The Balaban J connectivity index is 1.55. The molecule has 0 unspecified atom stereocenters. The van der Waals surface area contributed by atoms with Crippen LogP contribution in [0.2, 0.25) is 0 Å². The fraction of sp³-hybridized carbons (Fsp3) is 0.579. The van der Waals surface area contributed by atoms with Gasteiger partial charge in [0.15, 0.2) is 0 Å². The van der Waals surface area contributed by atoms with Gasteiger partial charge in [-0.1, -0.05) is 0 Å². The van der Waals surface area contributed by atoms with Crippen molar-refractivity contribution >= 4 is 5.95 Å². The lowest BCUT2D eigenvalue weighted by Crippen LogP contribution is -2.28. The minimum absolute atomic E-state index is 0.165. The summed E-state index contributed by atoms with van der Waals surface area (Å²) in [5.74, 6) is 1.33. The van der Waals surface area contributed by atoms with Crippen molar-refractivity contribution in [3.05, 3.63) is 24.2 Å². The van der Waals surface area contributed by atoms with Gasteiger partial charge in [0.2, 0.25) is 5.95 Å². The minimum atomic E-state index is -0.165. The first-order valence-electron chi connectivity index (χ1n) is 9.39. The molecule has 2 fully saturated rings. The summed E-state index contributed by atoms with van der Waals surface area (Å²) < 4.78 is 5.19. The number of hydrogen-bond acceptors (Lipinski definition) is 7. The molecule has 2 N–H and O–H groups in total. The van der Waals surface area contributed by atoms with Crippen molar-refractivity contribution in [2.75, 3.05) is 12.4 Å². The zero-order chi connectivity index (χ0) is 17.9. The fourth-order valence-electron chi connectivity index (χ4n) is 3.44. The molecular formula is C19H25N5O2. The van der Waals surface area contributed by atoms with Gasteiger partial charge in [-0.2, -0.15) is 4.98 Å². The van der Waals surface area contributed by atoms with Crippen molar-refractivity contribution < 1.29 is 9.84 Å². The molecule has 2 aliphatic carbocycles. The van der Waals surface area contributed by atoms with Crippen LogP contribution in [-0.4, -0.2) is 44.3 Å². The quantitative estimate of drug-likeness (QED) is 0.822. The van der Waals surface area contributed by atoms with Crippen LogP contribution in [0.1, 0.15) is 44.2 Å². The highest BCUT2D eigenvalue weighted by Gasteiger charge is 2.25. The Kier molecular flexibility index (Phi) is 4.97. The molecule has 0 aromatic carbocycles. The third kappa shape index (κ3) is 4.09. The number of aliphatic hydroxyl groups is 1. The van der Waals surface area contributed by atoms with Crippen LogP contribution in [0.5, 0.6) is 6.01 Å². The molecule has 0 amide bonds. The van der Waals surface area contributed by atoms with Gasteiger partial charge in [0.05, 0.1) is 24.6 Å². The smallest absolute Gasteiger partial charge is 0.316 e. The molecule has 2 aromatic heterocycles. The van der Waals surface area contributed by atoms with Crippen LogP contribution in [0.25, 0.3) is 11.3 Å². The lowest BCUT2D eigenvalue weighted by Gasteiger charge is -2.26. The minimum Gasteiger partial charge on any atom is -0.467 e. The maximum atomic E-state index is 9.65. The monoisotopic (exact) mass is 355 g/mol. The van der Waals surface area contributed by atoms with Gasteiger partial charge in [-0.3, -0.25) is 0 Å². The Morgan fingerprint density at radius 3 is 2.65 bits per heavy atom. The molecule has 0 saturated heterocycles. The number of methoxy groups -OCH3 is 1. The number of nitrogens with one attached hydrogen (secondary N) is 1. The molecule has 2 aromatic rings. The lowest BCUT2D eigenvalue weighted by atomic mass is 9.93. The molecule has 2 saturated carbocycles. The highest BCUT2D eigenvalue weighted by molar-refractivity contribution is 5.62. The van der Waals surface area contributed by atoms with Gasteiger partial charge in [0.1, 0.15) is 0 Å². The third-order valence-corrected chi connectivity index (χ3v) is 5.17. The topological polar surface area (TPSA) is 93.1 Å². The maximum absolute atomic E-state index is 9.65. The number of hydrogen-bond donors (Lipinski definition) is 2. The molecule has 2 aliphatic rings. The second-order valence-electron chi connectivity index (χ2n) is 7.28. The van der Waals surface area contributed by atoms with Gasteiger partial charge in [-0.25, -0.2) is 15.0 Å². The molecule has 26 heavy (non-hydrogen) atoms. The summed E-state index contributed by atoms with van der Waals surface area (Å²) in [6.45, 7) is 0. The number of aliphatic hydroxyl groups excluding tert-OH is 1. The van der Waals surface area contributed by atoms with E-state index in [2.05, 4.69) is 20.3 Å². The zero-order valence-corrected chi connectivity index (χ0v) is 15.1. The molecule has 7 heteroatoms. The standard InChI is InChI=1S/C19H25N5O2/c1-26-19-21-11-15(17(24-19)10-12-2-3-12)16-8-9-20-18(23-16)22-13-4-6-14(25)7-5-13/h8-9,11-14,25H,2-7,10H2,1H3,(H,20,22,23). The number of nitrogens with zero attached hydrogens (tertiary/aromatic N) is 4. The number of anilines is 1. The van der Waals surface area contributed by atoms with E-state index in [1.54, 1.807) is 19.5 Å². The molecule has 0 radical (unpaired) electrons. The van der Waals surface area contributed by atoms with Crippen molar-refractivity contribution in [3.8, 4) is 17.3 Å². The summed E-state index contributed by atoms with van der Waals surface area (Å²) in [6, 6.07) is 2.61. The van der Waals surface area contributed by atoms with E-state index >= 15 is 0 Å². The molecule has 7 nitrogen and oxygen atoms in total. The molecule has 0 atom stereocenters. The van der Waals surface area contributed by atoms with E-state index in [-0.39, 0.29) is 6.10 Å². The summed E-state index contributed by atoms with van der Waals surface area (Å²) in [5.41, 5.74) is 2.77. The van der Waals surface area contributed by atoms with Crippen molar-refractivity contribution in [1.82, 2.24) is 19.9 Å². The highest BCUT2D eigenvalue weighted by Crippen LogP contribution is 2.35. The van der Waals surface area contributed by atoms with E-state index in [1.807, 2.05) is 6.07 Å². The van der Waals surface area contributed by atoms with Crippen LogP contribution >= 0.6 is 0 Å². The predicted molar refractivity (Wildman–Crippen MR) is 97.9 cm³/mol. The largest absolute Gasteiger partial charge is 0.467 e. The van der Waals surface area contributed by atoms with Gasteiger partial charge in [0, 0.05) is 24.0 Å². The SMILES string of the molecule is COc1ncc(-c2ccnc(NC3CCC(O)CC3)n2)c(CC2CC2)n1. The third-order valence-electron chi connectivity index (χ3n) is 5.17. The average molecular weight is 355 g/mol. The Labute approximate surface area is 153 Å². The van der Waals surface area contributed by atoms with E-state index in [4.69, 9.17) is 9.72 Å². The van der Waals surface area contributed by atoms with Crippen LogP contribution in [0.4, 0.5) is 5.95 Å². The van der Waals surface area contributed by atoms with E-state index < -0.39 is 0 Å². The maximum Gasteiger partial charge on any atom is 0.316 e. The predicted octanol–water partition coefficient (Wildman–Crippen LogP) is 2.61. The first-order chi connectivity index (χ1) is 12.7. The van der Waals surface area contributed by atoms with Crippen molar-refractivity contribution in [3.63, 3.8) is 0 Å². The molecule has 0 bridgehead atoms. The van der Waals surface area contributed by atoms with E-state index in [0.717, 1.165) is 49.1 Å². The number of aromatic nitrogens is 4. The fourth-order valence-corrected chi connectivity index (χ4v) is 3.44. The van der Waals surface area contributed by atoms with Crippen LogP contribution < -0.4 is 10.1 Å². The Hall–Kier alpha value is -2.28. The zero-order valence-electron chi connectivity index (χ0n) is 15.1. The van der Waals surface area contributed by atoms with Crippen LogP contribution in [0.15, 0.2) is 18.5 Å². The first-order valence-corrected chi connectivity index (χ1v) is 9.39. The van der Waals surface area contributed by atoms with Crippen molar-refractivity contribution in [1.29, 1.82) is 0 Å². The Bertz CT molecular complexity index is 757. The molecular weight excluding hydrogens is 330 g/mol. The molecule has 138 valence electrons. The molecule has 2 heterocycles. The first kappa shape index (κ1) is 17.1. The van der Waals surface area contributed by atoms with Crippen LogP contribution in [0.3, 0.4) is 0 Å². The number of rotatable bonds is 6. The summed E-state index contributed by atoms with van der Waals surface area (Å²) >= 11 is 0. The average Bonchev–Trinajstić information content (AvgIpc) is 3.48. The Morgan fingerprint density at radius 2 is 1.92 bits per heavy atom. The molecule has 4 rings (SSSR count). The summed E-state index contributed by atoms with van der Waals surface area (Å²) in [6.07, 6.45) is 10.4. The Morgan fingerprint density at radius 1 is 1.12 bits per heavy atom. The van der Waals surface area contributed by atoms with E-state index in [9.17, 15) is 5.11 Å². The summed E-state index contributed by atoms with van der Waals surface area (Å²) in [4.78, 5) is 17.9. The lowest BCUT2D eigenvalue weighted by molar-refractivity contribution is 0.126. The normalized spacial score (nSPS) is 22.8. The second kappa shape index (κ2) is 7.53. The summed E-state index contributed by atoms with van der Waals surface area (Å²) in [5, 5.41) is 13.1. The van der Waals surface area contributed by atoms with Crippen molar-refractivity contribution in [2.24, 2.45) is 5.92 Å². The molecule has 0 spiro atoms. The van der Waals surface area contributed by atoms with Crippen LogP contribution in [0, 0.1) is 5.92 Å².